The van der Waals surface area contributed by atoms with Gasteiger partial charge in [-0.05, 0) is 42.7 Å². The van der Waals surface area contributed by atoms with Gasteiger partial charge in [0.15, 0.2) is 4.80 Å². The van der Waals surface area contributed by atoms with Crippen LogP contribution in [0.5, 0.6) is 0 Å². The Morgan fingerprint density at radius 1 is 1.08 bits per heavy atom. The largest absolute Gasteiger partial charge is 0.346 e. The quantitative estimate of drug-likeness (QED) is 0.658. The van der Waals surface area contributed by atoms with Crippen molar-refractivity contribution in [3.05, 3.63) is 58.3 Å². The molecule has 0 aliphatic carbocycles. The second-order valence-electron chi connectivity index (χ2n) is 6.11. The number of carbonyl (C=O) groups is 1. The van der Waals surface area contributed by atoms with Gasteiger partial charge in [0, 0.05) is 29.9 Å². The van der Waals surface area contributed by atoms with Gasteiger partial charge in [-0.2, -0.15) is 4.99 Å². The van der Waals surface area contributed by atoms with Crippen molar-refractivity contribution in [2.24, 2.45) is 4.99 Å². The van der Waals surface area contributed by atoms with Crippen molar-refractivity contribution >= 4 is 28.1 Å². The van der Waals surface area contributed by atoms with Crippen molar-refractivity contribution < 1.29 is 4.79 Å². The Kier molecular flexibility index (Phi) is 3.94. The molecule has 0 bridgehead atoms. The van der Waals surface area contributed by atoms with E-state index in [1.165, 1.54) is 10.8 Å². The number of aryl methyl sites for hydroxylation is 1. The molecule has 0 saturated carbocycles. The first-order chi connectivity index (χ1) is 11.7. The number of rotatable bonds is 1. The standard InChI is InChI=1S/C19H19N3OS/c1-14-13-22(17-9-8-15-6-2-3-7-16(15)12-17)19(24-14)20-18(23)21-10-4-5-11-21/h2-3,6-9,12-13H,4-5,10-11H2,1H3/b20-19-. The van der Waals surface area contributed by atoms with Crippen LogP contribution in [0.2, 0.25) is 0 Å². The molecular weight excluding hydrogens is 318 g/mol. The molecule has 2 heterocycles. The van der Waals surface area contributed by atoms with Crippen molar-refractivity contribution in [2.45, 2.75) is 19.8 Å². The summed E-state index contributed by atoms with van der Waals surface area (Å²) >= 11 is 1.55. The molecule has 0 radical (unpaired) electrons. The number of hydrogen-bond acceptors (Lipinski definition) is 2. The van der Waals surface area contributed by atoms with Crippen LogP contribution in [0.15, 0.2) is 53.7 Å². The lowest BCUT2D eigenvalue weighted by Crippen LogP contribution is -2.27. The van der Waals surface area contributed by atoms with Crippen LogP contribution < -0.4 is 4.80 Å². The van der Waals surface area contributed by atoms with Gasteiger partial charge in [0.2, 0.25) is 0 Å². The predicted octanol–water partition coefficient (Wildman–Crippen LogP) is 4.12. The van der Waals surface area contributed by atoms with E-state index < -0.39 is 0 Å². The second kappa shape index (κ2) is 6.24. The number of thiazole rings is 1. The first kappa shape index (κ1) is 15.1. The fourth-order valence-electron chi connectivity index (χ4n) is 3.11. The Labute approximate surface area is 144 Å². The van der Waals surface area contributed by atoms with Gasteiger partial charge < -0.3 is 4.90 Å². The fourth-order valence-corrected chi connectivity index (χ4v) is 3.93. The van der Waals surface area contributed by atoms with Gasteiger partial charge in [0.05, 0.1) is 0 Å². The van der Waals surface area contributed by atoms with Crippen LogP contribution in [0.3, 0.4) is 0 Å². The molecule has 1 aliphatic heterocycles. The number of carbonyl (C=O) groups excluding carboxylic acids is 1. The van der Waals surface area contributed by atoms with E-state index in [0.29, 0.717) is 0 Å². The Morgan fingerprint density at radius 2 is 1.83 bits per heavy atom. The summed E-state index contributed by atoms with van der Waals surface area (Å²) in [6.07, 6.45) is 4.20. The molecule has 24 heavy (non-hydrogen) atoms. The van der Waals surface area contributed by atoms with E-state index >= 15 is 0 Å². The zero-order valence-electron chi connectivity index (χ0n) is 13.6. The zero-order chi connectivity index (χ0) is 16.5. The molecule has 4 rings (SSSR count). The summed E-state index contributed by atoms with van der Waals surface area (Å²) in [4.78, 5) is 20.5. The van der Waals surface area contributed by atoms with Crippen LogP contribution in [0, 0.1) is 6.92 Å². The molecule has 5 heteroatoms. The third-order valence-electron chi connectivity index (χ3n) is 4.35. The summed E-state index contributed by atoms with van der Waals surface area (Å²) in [5, 5.41) is 2.39. The average Bonchev–Trinajstić information content (AvgIpc) is 3.24. The molecule has 1 aromatic heterocycles. The molecule has 1 fully saturated rings. The summed E-state index contributed by atoms with van der Waals surface area (Å²) in [6, 6.07) is 14.5. The van der Waals surface area contributed by atoms with Crippen LogP contribution in [-0.4, -0.2) is 28.6 Å². The van der Waals surface area contributed by atoms with E-state index in [4.69, 9.17) is 0 Å². The lowest BCUT2D eigenvalue weighted by molar-refractivity contribution is 0.218. The second-order valence-corrected chi connectivity index (χ2v) is 7.33. The highest BCUT2D eigenvalue weighted by Gasteiger charge is 2.17. The van der Waals surface area contributed by atoms with E-state index in [0.717, 1.165) is 41.3 Å². The van der Waals surface area contributed by atoms with Crippen LogP contribution in [0.4, 0.5) is 4.79 Å². The van der Waals surface area contributed by atoms with Crippen molar-refractivity contribution in [2.75, 3.05) is 13.1 Å². The third-order valence-corrected chi connectivity index (χ3v) is 5.25. The van der Waals surface area contributed by atoms with Gasteiger partial charge in [-0.25, -0.2) is 4.79 Å². The molecule has 1 saturated heterocycles. The summed E-state index contributed by atoms with van der Waals surface area (Å²) in [5.41, 5.74) is 1.03. The number of hydrogen-bond donors (Lipinski definition) is 0. The molecule has 0 N–H and O–H groups in total. The van der Waals surface area contributed by atoms with Crippen molar-refractivity contribution in [3.8, 4) is 5.69 Å². The van der Waals surface area contributed by atoms with Crippen LogP contribution in [0.1, 0.15) is 17.7 Å². The van der Waals surface area contributed by atoms with E-state index in [2.05, 4.69) is 35.3 Å². The monoisotopic (exact) mass is 337 g/mol. The highest BCUT2D eigenvalue weighted by molar-refractivity contribution is 7.09. The van der Waals surface area contributed by atoms with Gasteiger partial charge in [0.25, 0.3) is 0 Å². The molecular formula is C19H19N3OS. The predicted molar refractivity (Wildman–Crippen MR) is 97.7 cm³/mol. The first-order valence-electron chi connectivity index (χ1n) is 8.23. The van der Waals surface area contributed by atoms with Gasteiger partial charge in [-0.3, -0.25) is 4.57 Å². The molecule has 2 amide bonds. The summed E-state index contributed by atoms with van der Waals surface area (Å²) in [6.45, 7) is 3.69. The smallest absolute Gasteiger partial charge is 0.323 e. The molecule has 0 spiro atoms. The Morgan fingerprint density at radius 3 is 2.62 bits per heavy atom. The highest BCUT2D eigenvalue weighted by Crippen LogP contribution is 2.19. The minimum absolute atomic E-state index is 0.121. The maximum Gasteiger partial charge on any atom is 0.346 e. The molecule has 4 nitrogen and oxygen atoms in total. The lowest BCUT2D eigenvalue weighted by atomic mass is 10.1. The third kappa shape index (κ3) is 2.87. The topological polar surface area (TPSA) is 37.6 Å². The van der Waals surface area contributed by atoms with E-state index in [1.807, 2.05) is 34.7 Å². The molecule has 122 valence electrons. The molecule has 0 atom stereocenters. The molecule has 2 aromatic carbocycles. The number of benzene rings is 2. The average molecular weight is 337 g/mol. The fraction of sp³-hybridized carbons (Fsp3) is 0.263. The number of aromatic nitrogens is 1. The van der Waals surface area contributed by atoms with E-state index in [9.17, 15) is 4.79 Å². The maximum atomic E-state index is 12.4. The van der Waals surface area contributed by atoms with Gasteiger partial charge in [-0.1, -0.05) is 30.3 Å². The van der Waals surface area contributed by atoms with Crippen LogP contribution >= 0.6 is 11.3 Å². The minimum Gasteiger partial charge on any atom is -0.323 e. The Hall–Kier alpha value is -2.40. The maximum absolute atomic E-state index is 12.4. The number of likely N-dealkylation sites (tertiary alicyclic amines) is 1. The molecule has 0 unspecified atom stereocenters. The van der Waals surface area contributed by atoms with Crippen LogP contribution in [0.25, 0.3) is 16.5 Å². The van der Waals surface area contributed by atoms with E-state index in [-0.39, 0.29) is 6.03 Å². The van der Waals surface area contributed by atoms with Gasteiger partial charge in [-0.15, -0.1) is 11.3 Å². The van der Waals surface area contributed by atoms with Gasteiger partial charge in [0.1, 0.15) is 0 Å². The molecule has 3 aromatic rings. The number of amides is 2. The molecule has 1 aliphatic rings. The zero-order valence-corrected chi connectivity index (χ0v) is 14.4. The summed E-state index contributed by atoms with van der Waals surface area (Å²) in [7, 11) is 0. The Bertz CT molecular complexity index is 964. The summed E-state index contributed by atoms with van der Waals surface area (Å²) in [5.74, 6) is 0. The Balaban J connectivity index is 1.78. The lowest BCUT2D eigenvalue weighted by Gasteiger charge is -2.10. The van der Waals surface area contributed by atoms with Crippen molar-refractivity contribution in [3.63, 3.8) is 0 Å². The highest BCUT2D eigenvalue weighted by atomic mass is 32.1. The number of urea groups is 1. The normalized spacial score (nSPS) is 15.4. The number of nitrogens with zero attached hydrogens (tertiary/aromatic N) is 3. The first-order valence-corrected chi connectivity index (χ1v) is 9.04. The van der Waals surface area contributed by atoms with Gasteiger partial charge >= 0.3 is 6.03 Å². The summed E-state index contributed by atoms with van der Waals surface area (Å²) < 4.78 is 2.01. The minimum atomic E-state index is -0.121. The van der Waals surface area contributed by atoms with Crippen LogP contribution in [-0.2, 0) is 0 Å². The SMILES string of the molecule is Cc1cn(-c2ccc3ccccc3c2)/c(=N/C(=O)N2CCCC2)s1. The van der Waals surface area contributed by atoms with Crippen molar-refractivity contribution in [1.29, 1.82) is 0 Å². The number of fused-ring (bicyclic) bond motifs is 1. The van der Waals surface area contributed by atoms with Crippen molar-refractivity contribution in [1.82, 2.24) is 9.47 Å². The van der Waals surface area contributed by atoms with E-state index in [1.54, 1.807) is 11.3 Å².